The molecule has 1 unspecified atom stereocenters. The number of hydrogen-bond acceptors (Lipinski definition) is 1. The number of benzene rings is 2. The van der Waals surface area contributed by atoms with Crippen molar-refractivity contribution in [1.29, 1.82) is 0 Å². The number of ether oxygens (including phenoxy) is 1. The fourth-order valence-corrected chi connectivity index (χ4v) is 3.29. The number of rotatable bonds is 3. The third-order valence-electron chi connectivity index (χ3n) is 2.72. The van der Waals surface area contributed by atoms with E-state index >= 15 is 0 Å². The number of methoxy groups -OCH3 is 1. The summed E-state index contributed by atoms with van der Waals surface area (Å²) < 4.78 is 20.7. The highest BCUT2D eigenvalue weighted by molar-refractivity contribution is 9.10. The van der Waals surface area contributed by atoms with Crippen molar-refractivity contribution < 1.29 is 9.13 Å². The first-order valence-electron chi connectivity index (χ1n) is 5.46. The summed E-state index contributed by atoms with van der Waals surface area (Å²) in [7, 11) is 1.56. The van der Waals surface area contributed by atoms with E-state index in [1.54, 1.807) is 25.3 Å². The molecule has 2 aromatic carbocycles. The normalized spacial score (nSPS) is 12.3. The van der Waals surface area contributed by atoms with Crippen LogP contribution in [0.2, 0.25) is 0 Å². The molecule has 0 saturated carbocycles. The molecule has 2 rings (SSSR count). The topological polar surface area (TPSA) is 9.23 Å². The van der Waals surface area contributed by atoms with E-state index in [2.05, 4.69) is 31.9 Å². The Bertz CT molecular complexity index is 584. The quantitative estimate of drug-likeness (QED) is 0.593. The van der Waals surface area contributed by atoms with Crippen LogP contribution in [0.4, 0.5) is 4.39 Å². The van der Waals surface area contributed by atoms with Crippen LogP contribution < -0.4 is 4.74 Å². The van der Waals surface area contributed by atoms with Crippen LogP contribution in [0.15, 0.2) is 45.3 Å². The molecule has 19 heavy (non-hydrogen) atoms. The fourth-order valence-electron chi connectivity index (χ4n) is 1.81. The molecular formula is C14H10Br2ClFO. The summed E-state index contributed by atoms with van der Waals surface area (Å²) in [5.41, 5.74) is 1.12. The highest BCUT2D eigenvalue weighted by Gasteiger charge is 2.21. The predicted molar refractivity (Wildman–Crippen MR) is 82.5 cm³/mol. The van der Waals surface area contributed by atoms with E-state index in [-0.39, 0.29) is 5.82 Å². The molecule has 0 aromatic heterocycles. The van der Waals surface area contributed by atoms with Gasteiger partial charge in [-0.25, -0.2) is 4.39 Å². The van der Waals surface area contributed by atoms with Gasteiger partial charge in [-0.05, 0) is 30.3 Å². The van der Waals surface area contributed by atoms with Crippen molar-refractivity contribution in [3.8, 4) is 5.75 Å². The molecule has 0 N–H and O–H groups in total. The molecule has 0 aliphatic rings. The molecule has 5 heteroatoms. The highest BCUT2D eigenvalue weighted by atomic mass is 79.9. The molecule has 1 nitrogen and oxygen atoms in total. The van der Waals surface area contributed by atoms with Gasteiger partial charge in [0.2, 0.25) is 0 Å². The standard InChI is InChI=1S/C14H10Br2ClFO/c1-19-12-6-5-8(15)7-9(12)14(17)13-10(16)3-2-4-11(13)18/h2-7,14H,1H3. The lowest BCUT2D eigenvalue weighted by atomic mass is 10.0. The van der Waals surface area contributed by atoms with Gasteiger partial charge < -0.3 is 4.74 Å². The van der Waals surface area contributed by atoms with Crippen LogP contribution in [0.1, 0.15) is 16.5 Å². The third kappa shape index (κ3) is 3.12. The lowest BCUT2D eigenvalue weighted by Gasteiger charge is -2.16. The van der Waals surface area contributed by atoms with Gasteiger partial charge in [0.1, 0.15) is 11.6 Å². The minimum absolute atomic E-state index is 0.351. The Morgan fingerprint density at radius 2 is 1.95 bits per heavy atom. The molecule has 2 aromatic rings. The first-order chi connectivity index (χ1) is 9.04. The van der Waals surface area contributed by atoms with Gasteiger partial charge in [-0.15, -0.1) is 11.6 Å². The average molecular weight is 408 g/mol. The van der Waals surface area contributed by atoms with Crippen molar-refractivity contribution in [3.63, 3.8) is 0 Å². The monoisotopic (exact) mass is 406 g/mol. The molecule has 0 aliphatic carbocycles. The maximum absolute atomic E-state index is 14.0. The Labute approximate surface area is 133 Å². The smallest absolute Gasteiger partial charge is 0.129 e. The second kappa shape index (κ2) is 6.25. The second-order valence-corrected chi connectivity index (χ2v) is 6.09. The van der Waals surface area contributed by atoms with Crippen molar-refractivity contribution in [2.45, 2.75) is 5.38 Å². The molecule has 0 saturated heterocycles. The molecule has 0 spiro atoms. The summed E-state index contributed by atoms with van der Waals surface area (Å²) in [5.74, 6) is 0.273. The number of alkyl halides is 1. The Morgan fingerprint density at radius 1 is 1.21 bits per heavy atom. The lowest BCUT2D eigenvalue weighted by molar-refractivity contribution is 0.410. The third-order valence-corrected chi connectivity index (χ3v) is 4.36. The van der Waals surface area contributed by atoms with Crippen LogP contribution in [0.25, 0.3) is 0 Å². The summed E-state index contributed by atoms with van der Waals surface area (Å²) in [6.07, 6.45) is 0. The van der Waals surface area contributed by atoms with E-state index in [0.717, 1.165) is 4.47 Å². The molecule has 100 valence electrons. The van der Waals surface area contributed by atoms with Crippen LogP contribution >= 0.6 is 43.5 Å². The highest BCUT2D eigenvalue weighted by Crippen LogP contribution is 2.40. The van der Waals surface area contributed by atoms with Crippen LogP contribution in [0, 0.1) is 5.82 Å². The zero-order valence-electron chi connectivity index (χ0n) is 9.96. The molecular weight excluding hydrogens is 398 g/mol. The van der Waals surface area contributed by atoms with Gasteiger partial charge in [-0.2, -0.15) is 0 Å². The fraction of sp³-hybridized carbons (Fsp3) is 0.143. The van der Waals surface area contributed by atoms with Crippen LogP contribution in [0.3, 0.4) is 0 Å². The van der Waals surface area contributed by atoms with E-state index < -0.39 is 5.38 Å². The van der Waals surface area contributed by atoms with Gasteiger partial charge in [0.05, 0.1) is 12.5 Å². The van der Waals surface area contributed by atoms with Gasteiger partial charge in [0.25, 0.3) is 0 Å². The molecule has 0 aliphatic heterocycles. The van der Waals surface area contributed by atoms with Gasteiger partial charge >= 0.3 is 0 Å². The maximum atomic E-state index is 14.0. The molecule has 0 radical (unpaired) electrons. The Balaban J connectivity index is 2.55. The summed E-state index contributed by atoms with van der Waals surface area (Å²) in [4.78, 5) is 0. The minimum Gasteiger partial charge on any atom is -0.496 e. The van der Waals surface area contributed by atoms with Crippen molar-refractivity contribution in [2.75, 3.05) is 7.11 Å². The van der Waals surface area contributed by atoms with Gasteiger partial charge in [0.15, 0.2) is 0 Å². The van der Waals surface area contributed by atoms with Crippen LogP contribution in [-0.2, 0) is 0 Å². The SMILES string of the molecule is COc1ccc(Br)cc1C(Cl)c1c(F)cccc1Br. The summed E-state index contributed by atoms with van der Waals surface area (Å²) >= 11 is 13.1. The zero-order valence-corrected chi connectivity index (χ0v) is 13.9. The van der Waals surface area contributed by atoms with Crippen molar-refractivity contribution in [1.82, 2.24) is 0 Å². The van der Waals surface area contributed by atoms with Crippen LogP contribution in [0.5, 0.6) is 5.75 Å². The average Bonchev–Trinajstić information content (AvgIpc) is 2.38. The second-order valence-electron chi connectivity index (χ2n) is 3.88. The summed E-state index contributed by atoms with van der Waals surface area (Å²) in [6.45, 7) is 0. The molecule has 0 amide bonds. The Morgan fingerprint density at radius 3 is 2.58 bits per heavy atom. The van der Waals surface area contributed by atoms with E-state index in [1.807, 2.05) is 12.1 Å². The molecule has 0 heterocycles. The molecule has 1 atom stereocenters. The Hall–Kier alpha value is -0.580. The van der Waals surface area contributed by atoms with E-state index in [0.29, 0.717) is 21.3 Å². The number of hydrogen-bond donors (Lipinski definition) is 0. The van der Waals surface area contributed by atoms with Gasteiger partial charge in [0, 0.05) is 20.1 Å². The Kier molecular flexibility index (Phi) is 4.87. The van der Waals surface area contributed by atoms with Crippen molar-refractivity contribution >= 4 is 43.5 Å². The first kappa shape index (κ1) is 14.8. The minimum atomic E-state index is -0.636. The zero-order chi connectivity index (χ0) is 14.0. The van der Waals surface area contributed by atoms with Crippen molar-refractivity contribution in [2.24, 2.45) is 0 Å². The van der Waals surface area contributed by atoms with E-state index in [1.165, 1.54) is 6.07 Å². The van der Waals surface area contributed by atoms with Crippen LogP contribution in [-0.4, -0.2) is 7.11 Å². The van der Waals surface area contributed by atoms with Gasteiger partial charge in [-0.1, -0.05) is 37.9 Å². The van der Waals surface area contributed by atoms with Crippen molar-refractivity contribution in [3.05, 3.63) is 62.3 Å². The largest absolute Gasteiger partial charge is 0.496 e. The molecule has 0 bridgehead atoms. The number of halogens is 4. The summed E-state index contributed by atoms with van der Waals surface area (Å²) in [5, 5.41) is -0.636. The maximum Gasteiger partial charge on any atom is 0.129 e. The predicted octanol–water partition coefficient (Wildman–Crippen LogP) is 5.69. The van der Waals surface area contributed by atoms with Gasteiger partial charge in [-0.3, -0.25) is 0 Å². The van der Waals surface area contributed by atoms with E-state index in [4.69, 9.17) is 16.3 Å². The summed E-state index contributed by atoms with van der Waals surface area (Å²) in [6, 6.07) is 10.3. The lowest BCUT2D eigenvalue weighted by Crippen LogP contribution is -2.01. The molecule has 0 fully saturated rings. The first-order valence-corrected chi connectivity index (χ1v) is 7.48. The van der Waals surface area contributed by atoms with E-state index in [9.17, 15) is 4.39 Å².